The fourth-order valence-corrected chi connectivity index (χ4v) is 1.69. The van der Waals surface area contributed by atoms with Gasteiger partial charge >= 0.3 is 12.0 Å². The molecule has 0 aliphatic rings. The minimum atomic E-state index is -0.797. The maximum atomic E-state index is 11.6. The number of amides is 2. The standard InChI is InChI=1S/C13H26N2O4/c1-10(16)9-15(4)12(19)14-8-7-13(2,3)6-5-11(17)18/h10,16H,5-9H2,1-4H3,(H,14,19)(H,17,18). The van der Waals surface area contributed by atoms with Crippen LogP contribution < -0.4 is 5.32 Å². The molecule has 19 heavy (non-hydrogen) atoms. The summed E-state index contributed by atoms with van der Waals surface area (Å²) in [4.78, 5) is 23.6. The van der Waals surface area contributed by atoms with Crippen molar-refractivity contribution in [2.45, 2.75) is 46.1 Å². The smallest absolute Gasteiger partial charge is 0.317 e. The summed E-state index contributed by atoms with van der Waals surface area (Å²) in [7, 11) is 1.62. The van der Waals surface area contributed by atoms with Gasteiger partial charge in [0.1, 0.15) is 0 Å². The molecule has 6 heteroatoms. The number of carbonyl (C=O) groups is 2. The minimum Gasteiger partial charge on any atom is -0.481 e. The van der Waals surface area contributed by atoms with Gasteiger partial charge < -0.3 is 20.4 Å². The molecule has 0 aliphatic heterocycles. The van der Waals surface area contributed by atoms with Crippen molar-refractivity contribution >= 4 is 12.0 Å². The van der Waals surface area contributed by atoms with Crippen molar-refractivity contribution in [1.82, 2.24) is 10.2 Å². The number of rotatable bonds is 8. The van der Waals surface area contributed by atoms with Crippen molar-refractivity contribution in [1.29, 1.82) is 0 Å². The highest BCUT2D eigenvalue weighted by Crippen LogP contribution is 2.25. The van der Waals surface area contributed by atoms with Gasteiger partial charge in [0.2, 0.25) is 0 Å². The summed E-state index contributed by atoms with van der Waals surface area (Å²) in [5.74, 6) is -0.797. The van der Waals surface area contributed by atoms with Crippen molar-refractivity contribution in [3.63, 3.8) is 0 Å². The molecule has 0 saturated heterocycles. The molecule has 112 valence electrons. The Hall–Kier alpha value is -1.30. The quantitative estimate of drug-likeness (QED) is 0.622. The number of aliphatic hydroxyl groups excluding tert-OH is 1. The average Bonchev–Trinajstić information content (AvgIpc) is 2.25. The molecule has 0 heterocycles. The normalized spacial score (nSPS) is 12.9. The molecule has 0 rings (SSSR count). The predicted octanol–water partition coefficient (Wildman–Crippen LogP) is 1.29. The van der Waals surface area contributed by atoms with E-state index in [0.717, 1.165) is 0 Å². The third-order valence-electron chi connectivity index (χ3n) is 2.98. The van der Waals surface area contributed by atoms with E-state index in [2.05, 4.69) is 5.32 Å². The van der Waals surface area contributed by atoms with Crippen LogP contribution in [-0.4, -0.2) is 53.4 Å². The molecule has 0 aliphatic carbocycles. The van der Waals surface area contributed by atoms with Gasteiger partial charge in [-0.1, -0.05) is 13.8 Å². The zero-order valence-corrected chi connectivity index (χ0v) is 12.3. The number of nitrogens with one attached hydrogen (secondary N) is 1. The number of nitrogens with zero attached hydrogens (tertiary/aromatic N) is 1. The van der Waals surface area contributed by atoms with E-state index in [1.54, 1.807) is 14.0 Å². The Balaban J connectivity index is 3.94. The second-order valence-corrected chi connectivity index (χ2v) is 5.77. The van der Waals surface area contributed by atoms with Gasteiger partial charge in [-0.2, -0.15) is 0 Å². The lowest BCUT2D eigenvalue weighted by Crippen LogP contribution is -2.41. The number of aliphatic hydroxyl groups is 1. The molecule has 0 radical (unpaired) electrons. The molecule has 0 aromatic heterocycles. The van der Waals surface area contributed by atoms with Crippen LogP contribution in [0.5, 0.6) is 0 Å². The van der Waals surface area contributed by atoms with Gasteiger partial charge in [0.25, 0.3) is 0 Å². The fourth-order valence-electron chi connectivity index (χ4n) is 1.69. The first kappa shape index (κ1) is 17.7. The fraction of sp³-hybridized carbons (Fsp3) is 0.846. The first-order valence-electron chi connectivity index (χ1n) is 6.53. The molecule has 6 nitrogen and oxygen atoms in total. The van der Waals surface area contributed by atoms with E-state index >= 15 is 0 Å². The van der Waals surface area contributed by atoms with E-state index in [1.165, 1.54) is 4.90 Å². The van der Waals surface area contributed by atoms with Crippen LogP contribution in [0.15, 0.2) is 0 Å². The predicted molar refractivity (Wildman–Crippen MR) is 73.0 cm³/mol. The Morgan fingerprint density at radius 2 is 1.89 bits per heavy atom. The van der Waals surface area contributed by atoms with Gasteiger partial charge in [0, 0.05) is 26.6 Å². The van der Waals surface area contributed by atoms with E-state index in [9.17, 15) is 14.7 Å². The second-order valence-electron chi connectivity index (χ2n) is 5.77. The van der Waals surface area contributed by atoms with Crippen LogP contribution in [0.3, 0.4) is 0 Å². The molecule has 0 fully saturated rings. The molecular weight excluding hydrogens is 248 g/mol. The lowest BCUT2D eigenvalue weighted by Gasteiger charge is -2.25. The number of hydrogen-bond donors (Lipinski definition) is 3. The molecule has 0 saturated carbocycles. The van der Waals surface area contributed by atoms with Crippen LogP contribution in [0, 0.1) is 5.41 Å². The number of hydrogen-bond acceptors (Lipinski definition) is 3. The van der Waals surface area contributed by atoms with Crippen molar-refractivity contribution in [2.75, 3.05) is 20.1 Å². The summed E-state index contributed by atoms with van der Waals surface area (Å²) >= 11 is 0. The zero-order chi connectivity index (χ0) is 15.1. The summed E-state index contributed by atoms with van der Waals surface area (Å²) in [6, 6.07) is -0.227. The zero-order valence-electron chi connectivity index (χ0n) is 12.3. The SMILES string of the molecule is CC(O)CN(C)C(=O)NCCC(C)(C)CCC(=O)O. The van der Waals surface area contributed by atoms with Crippen molar-refractivity contribution in [3.05, 3.63) is 0 Å². The largest absolute Gasteiger partial charge is 0.481 e. The highest BCUT2D eigenvalue weighted by Gasteiger charge is 2.19. The van der Waals surface area contributed by atoms with Crippen molar-refractivity contribution in [3.8, 4) is 0 Å². The van der Waals surface area contributed by atoms with Gasteiger partial charge in [0.05, 0.1) is 6.10 Å². The molecule has 0 bridgehead atoms. The van der Waals surface area contributed by atoms with E-state index in [4.69, 9.17) is 5.11 Å². The lowest BCUT2D eigenvalue weighted by molar-refractivity contribution is -0.137. The monoisotopic (exact) mass is 274 g/mol. The number of carboxylic acids is 1. The topological polar surface area (TPSA) is 89.9 Å². The van der Waals surface area contributed by atoms with Crippen LogP contribution in [0.4, 0.5) is 4.79 Å². The maximum absolute atomic E-state index is 11.6. The van der Waals surface area contributed by atoms with Crippen LogP contribution in [0.25, 0.3) is 0 Å². The van der Waals surface area contributed by atoms with Gasteiger partial charge in [-0.15, -0.1) is 0 Å². The van der Waals surface area contributed by atoms with E-state index in [-0.39, 0.29) is 24.4 Å². The number of likely N-dealkylation sites (N-methyl/N-ethyl adjacent to an activating group) is 1. The minimum absolute atomic E-state index is 0.117. The van der Waals surface area contributed by atoms with E-state index < -0.39 is 12.1 Å². The van der Waals surface area contributed by atoms with Crippen molar-refractivity contribution < 1.29 is 19.8 Å². The second kappa shape index (κ2) is 7.99. The van der Waals surface area contributed by atoms with Gasteiger partial charge in [-0.25, -0.2) is 4.79 Å². The lowest BCUT2D eigenvalue weighted by atomic mass is 9.84. The van der Waals surface area contributed by atoms with Crippen LogP contribution in [-0.2, 0) is 4.79 Å². The van der Waals surface area contributed by atoms with Crippen LogP contribution in [0.2, 0.25) is 0 Å². The molecule has 0 aromatic rings. The number of urea groups is 1. The number of carboxylic acid groups (broad SMARTS) is 1. The summed E-state index contributed by atoms with van der Waals surface area (Å²) in [6.45, 7) is 6.38. The van der Waals surface area contributed by atoms with Gasteiger partial charge in [0.15, 0.2) is 0 Å². The molecule has 1 unspecified atom stereocenters. The average molecular weight is 274 g/mol. The molecular formula is C13H26N2O4. The van der Waals surface area contributed by atoms with Crippen LogP contribution >= 0.6 is 0 Å². The van der Waals surface area contributed by atoms with Crippen molar-refractivity contribution in [2.24, 2.45) is 5.41 Å². The number of aliphatic carboxylic acids is 1. The first-order valence-corrected chi connectivity index (χ1v) is 6.53. The van der Waals surface area contributed by atoms with Gasteiger partial charge in [-0.3, -0.25) is 4.79 Å². The van der Waals surface area contributed by atoms with Gasteiger partial charge in [-0.05, 0) is 25.2 Å². The Bertz CT molecular complexity index is 303. The molecule has 0 aromatic carbocycles. The summed E-state index contributed by atoms with van der Waals surface area (Å²) in [6.07, 6.45) is 0.891. The maximum Gasteiger partial charge on any atom is 0.317 e. The summed E-state index contributed by atoms with van der Waals surface area (Å²) < 4.78 is 0. The van der Waals surface area contributed by atoms with E-state index in [1.807, 2.05) is 13.8 Å². The van der Waals surface area contributed by atoms with Crippen LogP contribution in [0.1, 0.15) is 40.0 Å². The molecule has 3 N–H and O–H groups in total. The summed E-state index contributed by atoms with van der Waals surface area (Å²) in [5, 5.41) is 20.6. The third kappa shape index (κ3) is 9.30. The Labute approximate surface area is 114 Å². The molecule has 2 amide bonds. The third-order valence-corrected chi connectivity index (χ3v) is 2.98. The first-order chi connectivity index (χ1) is 8.64. The highest BCUT2D eigenvalue weighted by molar-refractivity contribution is 5.73. The Morgan fingerprint density at radius 1 is 1.32 bits per heavy atom. The van der Waals surface area contributed by atoms with E-state index in [0.29, 0.717) is 19.4 Å². The Kier molecular flexibility index (Phi) is 7.44. The highest BCUT2D eigenvalue weighted by atomic mass is 16.4. The Morgan fingerprint density at radius 3 is 2.37 bits per heavy atom. The summed E-state index contributed by atoms with van der Waals surface area (Å²) in [5.41, 5.74) is -0.117. The molecule has 0 spiro atoms. The molecule has 1 atom stereocenters. The number of carbonyl (C=O) groups excluding carboxylic acids is 1.